The molecule has 1 nitrogen and oxygen atoms in total. The van der Waals surface area contributed by atoms with E-state index in [1.54, 1.807) is 0 Å². The van der Waals surface area contributed by atoms with Gasteiger partial charge in [0.1, 0.15) is 0 Å². The van der Waals surface area contributed by atoms with E-state index in [-0.39, 0.29) is 0 Å². The third kappa shape index (κ3) is 2.77. The SMILES string of the molecule is CC1CCCCC1(O)Cc1ccc(I)cc1. The van der Waals surface area contributed by atoms with Crippen LogP contribution in [0.15, 0.2) is 24.3 Å². The molecule has 0 aliphatic heterocycles. The van der Waals surface area contributed by atoms with Gasteiger partial charge in [0, 0.05) is 9.99 Å². The Labute approximate surface area is 111 Å². The molecular formula is C14H19IO. The smallest absolute Gasteiger partial charge is 0.0713 e. The summed E-state index contributed by atoms with van der Waals surface area (Å²) in [6, 6.07) is 8.52. The molecule has 0 radical (unpaired) electrons. The molecule has 0 heterocycles. The molecule has 0 spiro atoms. The second-order valence-corrected chi connectivity index (χ2v) is 6.30. The fourth-order valence-electron chi connectivity index (χ4n) is 2.62. The Bertz CT molecular complexity index is 346. The molecular weight excluding hydrogens is 311 g/mol. The van der Waals surface area contributed by atoms with E-state index in [4.69, 9.17) is 0 Å². The summed E-state index contributed by atoms with van der Waals surface area (Å²) < 4.78 is 1.25. The van der Waals surface area contributed by atoms with Crippen molar-refractivity contribution in [3.05, 3.63) is 33.4 Å². The van der Waals surface area contributed by atoms with E-state index in [1.165, 1.54) is 28.4 Å². The predicted molar refractivity (Wildman–Crippen MR) is 75.4 cm³/mol. The topological polar surface area (TPSA) is 20.2 Å². The van der Waals surface area contributed by atoms with Crippen LogP contribution in [-0.2, 0) is 6.42 Å². The van der Waals surface area contributed by atoms with Crippen molar-refractivity contribution in [1.29, 1.82) is 0 Å². The third-order valence-corrected chi connectivity index (χ3v) is 4.56. The molecule has 0 saturated heterocycles. The Hall–Kier alpha value is -0.0900. The van der Waals surface area contributed by atoms with Crippen LogP contribution in [-0.4, -0.2) is 10.7 Å². The molecule has 2 heteroatoms. The number of rotatable bonds is 2. The van der Waals surface area contributed by atoms with E-state index in [2.05, 4.69) is 53.8 Å². The van der Waals surface area contributed by atoms with Gasteiger partial charge in [-0.15, -0.1) is 0 Å². The van der Waals surface area contributed by atoms with Crippen molar-refractivity contribution in [2.45, 2.75) is 44.6 Å². The third-order valence-electron chi connectivity index (χ3n) is 3.84. The Kier molecular flexibility index (Phi) is 3.90. The molecule has 2 rings (SSSR count). The quantitative estimate of drug-likeness (QED) is 0.819. The molecule has 1 aliphatic rings. The van der Waals surface area contributed by atoms with Gasteiger partial charge in [0.05, 0.1) is 5.60 Å². The van der Waals surface area contributed by atoms with Gasteiger partial charge in [-0.3, -0.25) is 0 Å². The van der Waals surface area contributed by atoms with Gasteiger partial charge in [0.15, 0.2) is 0 Å². The summed E-state index contributed by atoms with van der Waals surface area (Å²) >= 11 is 2.31. The first kappa shape index (κ1) is 12.4. The number of aliphatic hydroxyl groups is 1. The van der Waals surface area contributed by atoms with Gasteiger partial charge in [-0.05, 0) is 59.0 Å². The second-order valence-electron chi connectivity index (χ2n) is 5.05. The van der Waals surface area contributed by atoms with Crippen molar-refractivity contribution in [3.8, 4) is 0 Å². The van der Waals surface area contributed by atoms with Gasteiger partial charge in [0.25, 0.3) is 0 Å². The maximum Gasteiger partial charge on any atom is 0.0713 e. The monoisotopic (exact) mass is 330 g/mol. The number of benzene rings is 1. The minimum Gasteiger partial charge on any atom is -0.389 e. The molecule has 88 valence electrons. The van der Waals surface area contributed by atoms with Crippen LogP contribution in [0.5, 0.6) is 0 Å². The lowest BCUT2D eigenvalue weighted by atomic mass is 9.73. The average Bonchev–Trinajstić information content (AvgIpc) is 2.26. The van der Waals surface area contributed by atoms with E-state index >= 15 is 0 Å². The molecule has 1 fully saturated rings. The number of halogens is 1. The first-order valence-corrected chi connectivity index (χ1v) is 7.15. The summed E-state index contributed by atoms with van der Waals surface area (Å²) in [6.07, 6.45) is 5.38. The van der Waals surface area contributed by atoms with Crippen LogP contribution in [0, 0.1) is 9.49 Å². The maximum absolute atomic E-state index is 10.7. The zero-order valence-electron chi connectivity index (χ0n) is 9.75. The lowest BCUT2D eigenvalue weighted by molar-refractivity contribution is -0.0405. The lowest BCUT2D eigenvalue weighted by Gasteiger charge is -2.38. The highest BCUT2D eigenvalue weighted by Gasteiger charge is 2.35. The van der Waals surface area contributed by atoms with E-state index in [9.17, 15) is 5.11 Å². The molecule has 1 N–H and O–H groups in total. The largest absolute Gasteiger partial charge is 0.389 e. The normalized spacial score (nSPS) is 30.3. The molecule has 16 heavy (non-hydrogen) atoms. The highest BCUT2D eigenvalue weighted by Crippen LogP contribution is 2.36. The van der Waals surface area contributed by atoms with Crippen molar-refractivity contribution in [3.63, 3.8) is 0 Å². The van der Waals surface area contributed by atoms with Gasteiger partial charge in [0.2, 0.25) is 0 Å². The molecule has 1 saturated carbocycles. The second kappa shape index (κ2) is 5.05. The first-order chi connectivity index (χ1) is 7.60. The Morgan fingerprint density at radius 3 is 2.62 bits per heavy atom. The molecule has 0 bridgehead atoms. The average molecular weight is 330 g/mol. The van der Waals surface area contributed by atoms with E-state index < -0.39 is 5.60 Å². The molecule has 0 aromatic heterocycles. The summed E-state index contributed by atoms with van der Waals surface area (Å²) in [5.41, 5.74) is 0.794. The molecule has 1 aromatic carbocycles. The van der Waals surface area contributed by atoms with Gasteiger partial charge in [-0.2, -0.15) is 0 Å². The summed E-state index contributed by atoms with van der Waals surface area (Å²) in [6.45, 7) is 2.19. The maximum atomic E-state index is 10.7. The van der Waals surface area contributed by atoms with Crippen LogP contribution in [0.2, 0.25) is 0 Å². The number of hydrogen-bond acceptors (Lipinski definition) is 1. The molecule has 1 aromatic rings. The number of hydrogen-bond donors (Lipinski definition) is 1. The van der Waals surface area contributed by atoms with E-state index in [0.717, 1.165) is 12.8 Å². The van der Waals surface area contributed by atoms with Gasteiger partial charge < -0.3 is 5.11 Å². The summed E-state index contributed by atoms with van der Waals surface area (Å²) in [5, 5.41) is 10.7. The van der Waals surface area contributed by atoms with Crippen molar-refractivity contribution in [2.24, 2.45) is 5.92 Å². The summed E-state index contributed by atoms with van der Waals surface area (Å²) in [5.74, 6) is 0.431. The fourth-order valence-corrected chi connectivity index (χ4v) is 2.97. The summed E-state index contributed by atoms with van der Waals surface area (Å²) in [7, 11) is 0. The predicted octanol–water partition coefficient (Wildman–Crippen LogP) is 3.77. The molecule has 2 atom stereocenters. The zero-order valence-corrected chi connectivity index (χ0v) is 11.9. The van der Waals surface area contributed by atoms with Gasteiger partial charge >= 0.3 is 0 Å². The van der Waals surface area contributed by atoms with Gasteiger partial charge in [-0.25, -0.2) is 0 Å². The van der Waals surface area contributed by atoms with Crippen molar-refractivity contribution in [1.82, 2.24) is 0 Å². The minimum absolute atomic E-state index is 0.431. The van der Waals surface area contributed by atoms with E-state index in [0.29, 0.717) is 5.92 Å². The fraction of sp³-hybridized carbons (Fsp3) is 0.571. The van der Waals surface area contributed by atoms with Crippen LogP contribution in [0.1, 0.15) is 38.2 Å². The van der Waals surface area contributed by atoms with Crippen molar-refractivity contribution >= 4 is 22.6 Å². The van der Waals surface area contributed by atoms with Crippen LogP contribution in [0.4, 0.5) is 0 Å². The van der Waals surface area contributed by atoms with Crippen molar-refractivity contribution in [2.75, 3.05) is 0 Å². The zero-order chi connectivity index (χ0) is 11.6. The van der Waals surface area contributed by atoms with Crippen molar-refractivity contribution < 1.29 is 5.11 Å². The Morgan fingerprint density at radius 2 is 2.00 bits per heavy atom. The van der Waals surface area contributed by atoms with Crippen LogP contribution >= 0.6 is 22.6 Å². The van der Waals surface area contributed by atoms with Crippen LogP contribution in [0.25, 0.3) is 0 Å². The molecule has 1 aliphatic carbocycles. The molecule has 2 unspecified atom stereocenters. The highest BCUT2D eigenvalue weighted by atomic mass is 127. The minimum atomic E-state index is -0.467. The lowest BCUT2D eigenvalue weighted by Crippen LogP contribution is -2.41. The molecule has 0 amide bonds. The standard InChI is InChI=1S/C14H19IO/c1-11-4-2-3-9-14(11,16)10-12-5-7-13(15)8-6-12/h5-8,11,16H,2-4,9-10H2,1H3. The Morgan fingerprint density at radius 1 is 1.31 bits per heavy atom. The van der Waals surface area contributed by atoms with Crippen LogP contribution in [0.3, 0.4) is 0 Å². The highest BCUT2D eigenvalue weighted by molar-refractivity contribution is 14.1. The summed E-state index contributed by atoms with van der Waals surface area (Å²) in [4.78, 5) is 0. The van der Waals surface area contributed by atoms with Crippen LogP contribution < -0.4 is 0 Å². The Balaban J connectivity index is 2.10. The van der Waals surface area contributed by atoms with E-state index in [1.807, 2.05) is 0 Å². The van der Waals surface area contributed by atoms with Gasteiger partial charge in [-0.1, -0.05) is 31.9 Å². The first-order valence-electron chi connectivity index (χ1n) is 6.07.